The van der Waals surface area contributed by atoms with E-state index in [0.717, 1.165) is 5.56 Å². The highest BCUT2D eigenvalue weighted by Crippen LogP contribution is 2.28. The first-order valence-corrected chi connectivity index (χ1v) is 10.4. The lowest BCUT2D eigenvalue weighted by Crippen LogP contribution is -2.28. The lowest BCUT2D eigenvalue weighted by atomic mass is 10.2. The van der Waals surface area contributed by atoms with Gasteiger partial charge in [0.2, 0.25) is 11.8 Å². The predicted octanol–water partition coefficient (Wildman–Crippen LogP) is 4.01. The fourth-order valence-corrected chi connectivity index (χ4v) is 3.80. The van der Waals surface area contributed by atoms with Crippen molar-refractivity contribution in [2.45, 2.75) is 19.2 Å². The Labute approximate surface area is 169 Å². The quantitative estimate of drug-likeness (QED) is 0.626. The van der Waals surface area contributed by atoms with Crippen LogP contribution < -0.4 is 5.32 Å². The molecular weight excluding hydrogens is 403 g/mol. The molecule has 0 aliphatic rings. The summed E-state index contributed by atoms with van der Waals surface area (Å²) in [7, 11) is -1.45. The summed E-state index contributed by atoms with van der Waals surface area (Å²) in [5, 5.41) is 3.18. The van der Waals surface area contributed by atoms with Crippen LogP contribution in [0.15, 0.2) is 52.9 Å². The first kappa shape index (κ1) is 20.2. The number of carbonyl (C=O) groups is 1. The summed E-state index contributed by atoms with van der Waals surface area (Å²) in [6.07, 6.45) is 0. The number of nitrogens with zero attached hydrogens (tertiary/aromatic N) is 1. The van der Waals surface area contributed by atoms with Gasteiger partial charge < -0.3 is 9.73 Å². The van der Waals surface area contributed by atoms with E-state index in [0.29, 0.717) is 27.9 Å². The largest absolute Gasteiger partial charge is 0.441 e. The van der Waals surface area contributed by atoms with Gasteiger partial charge in [-0.1, -0.05) is 35.9 Å². The average Bonchev–Trinajstić information content (AvgIpc) is 3.01. The molecule has 1 atom stereocenters. The molecule has 0 bridgehead atoms. The maximum atomic E-state index is 12.9. The second kappa shape index (κ2) is 9.12. The van der Waals surface area contributed by atoms with E-state index in [1.165, 1.54) is 12.1 Å². The van der Waals surface area contributed by atoms with Crippen molar-refractivity contribution in [3.63, 3.8) is 0 Å². The van der Waals surface area contributed by atoms with Crippen molar-refractivity contribution < 1.29 is 17.8 Å². The molecule has 0 aliphatic heterocycles. The summed E-state index contributed by atoms with van der Waals surface area (Å²) in [5.41, 5.74) is 1.94. The highest BCUT2D eigenvalue weighted by Gasteiger charge is 2.17. The molecule has 1 amide bonds. The number of oxazole rings is 1. The lowest BCUT2D eigenvalue weighted by Gasteiger charge is -2.05. The first-order valence-electron chi connectivity index (χ1n) is 8.49. The third-order valence-electron chi connectivity index (χ3n) is 3.99. The number of carbonyl (C=O) groups excluding carboxylic acids is 1. The number of benzene rings is 2. The van der Waals surface area contributed by atoms with E-state index in [4.69, 9.17) is 16.0 Å². The number of amides is 1. The van der Waals surface area contributed by atoms with Gasteiger partial charge in [0, 0.05) is 17.3 Å². The van der Waals surface area contributed by atoms with Gasteiger partial charge in [0.05, 0.1) is 22.0 Å². The Kier molecular flexibility index (Phi) is 6.59. The van der Waals surface area contributed by atoms with Crippen LogP contribution in [0.1, 0.15) is 17.0 Å². The Morgan fingerprint density at radius 3 is 2.64 bits per heavy atom. The lowest BCUT2D eigenvalue weighted by molar-refractivity contribution is -0.118. The SMILES string of the molecule is Cc1oc(-c2ccccc2Cl)nc1C[S@@](=O)CC(=O)NCc1ccc(F)cc1. The summed E-state index contributed by atoms with van der Waals surface area (Å²) in [6, 6.07) is 13.0. The van der Waals surface area contributed by atoms with E-state index in [9.17, 15) is 13.4 Å². The molecule has 3 rings (SSSR count). The van der Waals surface area contributed by atoms with Crippen molar-refractivity contribution in [2.75, 3.05) is 5.75 Å². The first-order chi connectivity index (χ1) is 13.4. The van der Waals surface area contributed by atoms with Gasteiger partial charge in [0.1, 0.15) is 17.3 Å². The van der Waals surface area contributed by atoms with Crippen LogP contribution in [-0.2, 0) is 27.9 Å². The zero-order chi connectivity index (χ0) is 20.1. The van der Waals surface area contributed by atoms with Crippen molar-refractivity contribution in [1.29, 1.82) is 0 Å². The molecule has 1 heterocycles. The molecule has 0 fully saturated rings. The van der Waals surface area contributed by atoms with E-state index in [-0.39, 0.29) is 29.8 Å². The number of aromatic nitrogens is 1. The van der Waals surface area contributed by atoms with Crippen molar-refractivity contribution in [2.24, 2.45) is 0 Å². The summed E-state index contributed by atoms with van der Waals surface area (Å²) >= 11 is 6.16. The third kappa shape index (κ3) is 5.27. The van der Waals surface area contributed by atoms with Crippen molar-refractivity contribution in [3.05, 3.63) is 76.4 Å². The number of rotatable bonds is 7. The van der Waals surface area contributed by atoms with Crippen LogP contribution in [-0.4, -0.2) is 20.9 Å². The van der Waals surface area contributed by atoms with Gasteiger partial charge in [0.15, 0.2) is 0 Å². The van der Waals surface area contributed by atoms with Gasteiger partial charge in [-0.2, -0.15) is 0 Å². The number of nitrogens with one attached hydrogen (secondary N) is 1. The summed E-state index contributed by atoms with van der Waals surface area (Å²) in [5.74, 6) is 0.148. The fraction of sp³-hybridized carbons (Fsp3) is 0.200. The summed E-state index contributed by atoms with van der Waals surface area (Å²) < 4.78 is 30.9. The Hall–Kier alpha value is -2.51. The molecule has 0 saturated carbocycles. The van der Waals surface area contributed by atoms with Gasteiger partial charge in [0.25, 0.3) is 0 Å². The van der Waals surface area contributed by atoms with Gasteiger partial charge in [-0.05, 0) is 36.8 Å². The minimum absolute atomic E-state index is 0.101. The second-order valence-electron chi connectivity index (χ2n) is 6.13. The zero-order valence-corrected chi connectivity index (χ0v) is 16.6. The molecule has 8 heteroatoms. The van der Waals surface area contributed by atoms with Gasteiger partial charge in [-0.3, -0.25) is 9.00 Å². The van der Waals surface area contributed by atoms with Gasteiger partial charge in [-0.25, -0.2) is 9.37 Å². The Morgan fingerprint density at radius 1 is 1.21 bits per heavy atom. The van der Waals surface area contributed by atoms with Crippen molar-refractivity contribution >= 4 is 28.3 Å². The van der Waals surface area contributed by atoms with Crippen molar-refractivity contribution in [1.82, 2.24) is 10.3 Å². The van der Waals surface area contributed by atoms with Crippen LogP contribution in [0.25, 0.3) is 11.5 Å². The third-order valence-corrected chi connectivity index (χ3v) is 5.50. The smallest absolute Gasteiger partial charge is 0.232 e. The molecular formula is C20H18ClFN2O3S. The summed E-state index contributed by atoms with van der Waals surface area (Å²) in [4.78, 5) is 16.4. The second-order valence-corrected chi connectivity index (χ2v) is 8.00. The standard InChI is InChI=1S/C20H18ClFN2O3S/c1-13-18(24-20(27-13)16-4-2-3-5-17(16)21)11-28(26)12-19(25)23-10-14-6-8-15(22)9-7-14/h2-9H,10-12H2,1H3,(H,23,25)/t28-/m1/s1. The van der Waals surface area contributed by atoms with E-state index in [1.54, 1.807) is 31.2 Å². The normalized spacial score (nSPS) is 12.0. The minimum Gasteiger partial charge on any atom is -0.441 e. The number of aryl methyl sites for hydroxylation is 1. The Morgan fingerprint density at radius 2 is 1.93 bits per heavy atom. The minimum atomic E-state index is -1.45. The Balaban J connectivity index is 1.56. The number of hydrogen-bond acceptors (Lipinski definition) is 4. The number of hydrogen-bond donors (Lipinski definition) is 1. The Bertz CT molecular complexity index is 1000. The molecule has 0 aliphatic carbocycles. The van der Waals surface area contributed by atoms with E-state index >= 15 is 0 Å². The van der Waals surface area contributed by atoms with Crippen LogP contribution in [0, 0.1) is 12.7 Å². The van der Waals surface area contributed by atoms with Gasteiger partial charge >= 0.3 is 0 Å². The maximum Gasteiger partial charge on any atom is 0.232 e. The van der Waals surface area contributed by atoms with E-state index in [1.807, 2.05) is 12.1 Å². The molecule has 146 valence electrons. The topological polar surface area (TPSA) is 72.2 Å². The van der Waals surface area contributed by atoms with Crippen LogP contribution >= 0.6 is 11.6 Å². The molecule has 0 spiro atoms. The molecule has 2 aromatic carbocycles. The van der Waals surface area contributed by atoms with E-state index < -0.39 is 10.8 Å². The summed E-state index contributed by atoms with van der Waals surface area (Å²) in [6.45, 7) is 1.98. The van der Waals surface area contributed by atoms with E-state index in [2.05, 4.69) is 10.3 Å². The predicted molar refractivity (Wildman–Crippen MR) is 107 cm³/mol. The highest BCUT2D eigenvalue weighted by molar-refractivity contribution is 7.84. The van der Waals surface area contributed by atoms with Crippen LogP contribution in [0.3, 0.4) is 0 Å². The van der Waals surface area contributed by atoms with Crippen LogP contribution in [0.4, 0.5) is 4.39 Å². The van der Waals surface area contributed by atoms with Crippen LogP contribution in [0.5, 0.6) is 0 Å². The molecule has 0 radical (unpaired) electrons. The maximum absolute atomic E-state index is 12.9. The molecule has 1 N–H and O–H groups in total. The molecule has 5 nitrogen and oxygen atoms in total. The number of halogens is 2. The fourth-order valence-electron chi connectivity index (χ4n) is 2.52. The molecule has 0 unspecified atom stereocenters. The molecule has 3 aromatic rings. The monoisotopic (exact) mass is 420 g/mol. The average molecular weight is 421 g/mol. The highest BCUT2D eigenvalue weighted by atomic mass is 35.5. The molecule has 0 saturated heterocycles. The zero-order valence-electron chi connectivity index (χ0n) is 15.1. The molecule has 28 heavy (non-hydrogen) atoms. The van der Waals surface area contributed by atoms with Crippen LogP contribution in [0.2, 0.25) is 5.02 Å². The van der Waals surface area contributed by atoms with Crippen molar-refractivity contribution in [3.8, 4) is 11.5 Å². The van der Waals surface area contributed by atoms with Gasteiger partial charge in [-0.15, -0.1) is 0 Å². The molecule has 1 aromatic heterocycles.